The molecule has 0 saturated carbocycles. The van der Waals surface area contributed by atoms with Crippen molar-refractivity contribution in [3.8, 4) is 0 Å². The van der Waals surface area contributed by atoms with Crippen LogP contribution in [0.4, 0.5) is 0 Å². The number of carboxylic acid groups (broad SMARTS) is 1. The molecular formula is C86H129NO8. The molecule has 0 spiro atoms. The quantitative estimate of drug-likeness (QED) is 0.0195. The Labute approximate surface area is 580 Å². The molecule has 0 saturated heterocycles. The van der Waals surface area contributed by atoms with Crippen molar-refractivity contribution in [3.05, 3.63) is 243 Å². The van der Waals surface area contributed by atoms with Crippen LogP contribution in [0.5, 0.6) is 0 Å². The summed E-state index contributed by atoms with van der Waals surface area (Å²) >= 11 is 0. The van der Waals surface area contributed by atoms with E-state index < -0.39 is 30.3 Å². The number of nitrogens with zero attached hydrogens (tertiary/aromatic N) is 1. The first-order chi connectivity index (χ1) is 46.6. The first-order valence-corrected chi connectivity index (χ1v) is 36.2. The molecule has 526 valence electrons. The third-order valence-corrected chi connectivity index (χ3v) is 14.1. The van der Waals surface area contributed by atoms with Gasteiger partial charge in [-0.05, 0) is 167 Å². The maximum absolute atomic E-state index is 12.9. The number of allylic oxidation sites excluding steroid dienone is 40. The second-order valence-corrected chi connectivity index (χ2v) is 24.1. The molecule has 9 heteroatoms. The molecule has 0 bridgehead atoms. The van der Waals surface area contributed by atoms with E-state index in [9.17, 15) is 19.5 Å². The normalized spacial score (nSPS) is 14.2. The number of hydrogen-bond acceptors (Lipinski definition) is 8. The maximum atomic E-state index is 12.9. The van der Waals surface area contributed by atoms with Crippen molar-refractivity contribution in [2.24, 2.45) is 0 Å². The summed E-state index contributed by atoms with van der Waals surface area (Å²) in [4.78, 5) is 37.5. The Morgan fingerprint density at radius 3 is 0.863 bits per heavy atom. The molecule has 9 nitrogen and oxygen atoms in total. The van der Waals surface area contributed by atoms with Gasteiger partial charge in [0.05, 0.1) is 40.3 Å². The van der Waals surface area contributed by atoms with E-state index in [0.29, 0.717) is 23.9 Å². The van der Waals surface area contributed by atoms with Crippen molar-refractivity contribution in [3.63, 3.8) is 0 Å². The zero-order valence-corrected chi connectivity index (χ0v) is 59.9. The minimum Gasteiger partial charge on any atom is -0.545 e. The Bertz CT molecular complexity index is 2470. The molecule has 0 fully saturated rings. The van der Waals surface area contributed by atoms with Gasteiger partial charge in [0.2, 0.25) is 0 Å². The van der Waals surface area contributed by atoms with Gasteiger partial charge in [-0.1, -0.05) is 283 Å². The van der Waals surface area contributed by atoms with Crippen LogP contribution in [0.2, 0.25) is 0 Å². The topological polar surface area (TPSA) is 111 Å². The zero-order valence-electron chi connectivity index (χ0n) is 59.9. The second-order valence-electron chi connectivity index (χ2n) is 24.1. The van der Waals surface area contributed by atoms with E-state index in [1.54, 1.807) is 0 Å². The third kappa shape index (κ3) is 74.4. The summed E-state index contributed by atoms with van der Waals surface area (Å²) in [5, 5.41) is 11.8. The van der Waals surface area contributed by atoms with Gasteiger partial charge in [-0.2, -0.15) is 0 Å². The van der Waals surface area contributed by atoms with Gasteiger partial charge in [0.25, 0.3) is 0 Å². The van der Waals surface area contributed by atoms with Crippen molar-refractivity contribution < 1.29 is 42.9 Å². The van der Waals surface area contributed by atoms with Crippen molar-refractivity contribution in [1.29, 1.82) is 0 Å². The lowest BCUT2D eigenvalue weighted by Gasteiger charge is -2.26. The number of esters is 2. The first kappa shape index (κ1) is 88.1. The molecule has 95 heavy (non-hydrogen) atoms. The van der Waals surface area contributed by atoms with Gasteiger partial charge in [0.1, 0.15) is 13.2 Å². The van der Waals surface area contributed by atoms with Crippen molar-refractivity contribution in [1.82, 2.24) is 0 Å². The Morgan fingerprint density at radius 2 is 0.568 bits per heavy atom. The molecule has 2 unspecified atom stereocenters. The predicted octanol–water partition coefficient (Wildman–Crippen LogP) is 21.9. The highest BCUT2D eigenvalue weighted by Gasteiger charge is 2.22. The maximum Gasteiger partial charge on any atom is 0.306 e. The lowest BCUT2D eigenvalue weighted by Crippen LogP contribution is -2.44. The highest BCUT2D eigenvalue weighted by atomic mass is 16.7. The molecule has 0 amide bonds. The van der Waals surface area contributed by atoms with Gasteiger partial charge in [-0.3, -0.25) is 9.59 Å². The van der Waals surface area contributed by atoms with Gasteiger partial charge in [-0.25, -0.2) is 0 Å². The van der Waals surface area contributed by atoms with Gasteiger partial charge >= 0.3 is 11.9 Å². The summed E-state index contributed by atoms with van der Waals surface area (Å²) in [6.07, 6.45) is 115. The Balaban J connectivity index is 4.33. The SMILES string of the molecule is CC/C=C\C/C=C\C/C=C\C/C=C\C/C=C\C/C=C\C/C=C\C/C=C\C/C=C\C/C=C\CCCCCCCCC(=O)OC(COC(=O)CCCC/C=C\C/C=C\C/C=C\C/C=C\C/C=C\C/C=C\C/C=C\C/C=C\C/C=C\C/C=C\CC)COC(OCC[N+](C)(C)C)C(=O)[O-]. The monoisotopic (exact) mass is 1300 g/mol. The average molecular weight is 1300 g/mol. The van der Waals surface area contributed by atoms with Crippen molar-refractivity contribution in [2.45, 2.75) is 232 Å². The van der Waals surface area contributed by atoms with Crippen LogP contribution in [0, 0.1) is 0 Å². The Kier molecular flexibility index (Phi) is 67.6. The van der Waals surface area contributed by atoms with Crippen molar-refractivity contribution in [2.75, 3.05) is 47.5 Å². The molecule has 0 N–H and O–H groups in total. The van der Waals surface area contributed by atoms with Crippen LogP contribution in [-0.4, -0.2) is 82.3 Å². The number of rotatable bonds is 63. The number of ether oxygens (including phenoxy) is 4. The van der Waals surface area contributed by atoms with E-state index in [-0.39, 0.29) is 32.7 Å². The number of aliphatic carboxylic acids is 1. The van der Waals surface area contributed by atoms with Gasteiger partial charge in [0, 0.05) is 12.8 Å². The second kappa shape index (κ2) is 72.9. The molecule has 0 radical (unpaired) electrons. The fourth-order valence-electron chi connectivity index (χ4n) is 8.65. The molecule has 0 aromatic carbocycles. The average Bonchev–Trinajstić information content (AvgIpc) is 3.75. The van der Waals surface area contributed by atoms with E-state index in [1.807, 2.05) is 21.1 Å². The summed E-state index contributed by atoms with van der Waals surface area (Å²) in [5.41, 5.74) is 0. The minimum absolute atomic E-state index is 0.123. The van der Waals surface area contributed by atoms with Crippen LogP contribution < -0.4 is 5.11 Å². The molecule has 0 heterocycles. The molecule has 0 aliphatic heterocycles. The minimum atomic E-state index is -1.65. The molecule has 0 aliphatic rings. The summed E-state index contributed by atoms with van der Waals surface area (Å²) in [5.74, 6) is -2.40. The highest BCUT2D eigenvalue weighted by molar-refractivity contribution is 5.70. The fraction of sp³-hybridized carbons (Fsp3) is 0.500. The number of unbranched alkanes of at least 4 members (excludes halogenated alkanes) is 8. The number of likely N-dealkylation sites (N-methyl/N-ethyl adjacent to an activating group) is 1. The van der Waals surface area contributed by atoms with Gasteiger partial charge in [-0.15, -0.1) is 0 Å². The molecule has 2 atom stereocenters. The van der Waals surface area contributed by atoms with Crippen LogP contribution in [-0.2, 0) is 33.3 Å². The number of carbonyl (C=O) groups is 3. The van der Waals surface area contributed by atoms with Crippen LogP contribution in [0.25, 0.3) is 0 Å². The van der Waals surface area contributed by atoms with Crippen LogP contribution in [0.1, 0.15) is 219 Å². The number of carboxylic acids is 1. The van der Waals surface area contributed by atoms with Crippen LogP contribution >= 0.6 is 0 Å². The fourth-order valence-corrected chi connectivity index (χ4v) is 8.65. The first-order valence-electron chi connectivity index (χ1n) is 36.2. The number of carbonyl (C=O) groups excluding carboxylic acids is 3. The highest BCUT2D eigenvalue weighted by Crippen LogP contribution is 2.13. The number of hydrogen-bond donors (Lipinski definition) is 0. The standard InChI is InChI=1S/C86H129NO8/c1-6-8-10-12-14-16-18-20-22-24-26-28-30-32-34-36-38-40-41-42-43-45-47-49-51-53-55-57-59-61-63-65-67-69-71-73-75-77-84(89)95-82(81-94-86(85(90)91)92-79-78-87(3,4)5)80-93-83(88)76-74-72-70-68-66-64-62-60-58-56-54-52-50-48-46-44-39-37-35-33-31-29-27-25-23-21-19-17-15-13-11-9-7-2/h8-11,14-17,20-23,26-29,32-35,38-40,42-44,47-50,53-56,59-62,66,68,82,86H,6-7,12-13,18-19,24-25,30-31,36-37,41,45-46,51-52,57-58,63-65,67,69-81H2,1-5H3/b10-8-,11-9-,16-14-,17-15-,22-20-,23-21-,28-26-,29-27-,34-32-,35-33-,40-38-,43-42-,44-39-,49-47-,50-48-,55-53-,56-54-,61-59-,62-60-,68-66-. The summed E-state index contributed by atoms with van der Waals surface area (Å²) in [6.45, 7) is 4.41. The summed E-state index contributed by atoms with van der Waals surface area (Å²) in [6, 6.07) is 0. The van der Waals surface area contributed by atoms with Gasteiger partial charge in [0.15, 0.2) is 12.4 Å². The van der Waals surface area contributed by atoms with Gasteiger partial charge < -0.3 is 33.3 Å². The largest absolute Gasteiger partial charge is 0.545 e. The number of quaternary nitrogens is 1. The molecule has 0 aromatic heterocycles. The van der Waals surface area contributed by atoms with E-state index in [4.69, 9.17) is 18.9 Å². The van der Waals surface area contributed by atoms with Crippen LogP contribution in [0.15, 0.2) is 243 Å². The Morgan fingerprint density at radius 1 is 0.316 bits per heavy atom. The van der Waals surface area contributed by atoms with E-state index in [1.165, 1.54) is 0 Å². The van der Waals surface area contributed by atoms with E-state index in [0.717, 1.165) is 180 Å². The smallest absolute Gasteiger partial charge is 0.306 e. The lowest BCUT2D eigenvalue weighted by atomic mass is 10.1. The molecule has 0 aromatic rings. The molecule has 0 rings (SSSR count). The summed E-state index contributed by atoms with van der Waals surface area (Å²) in [7, 11) is 5.89. The molecule has 0 aliphatic carbocycles. The lowest BCUT2D eigenvalue weighted by molar-refractivity contribution is -0.870. The Hall–Kier alpha value is -6.91. The third-order valence-electron chi connectivity index (χ3n) is 14.1. The van der Waals surface area contributed by atoms with Crippen LogP contribution in [0.3, 0.4) is 0 Å². The van der Waals surface area contributed by atoms with E-state index >= 15 is 0 Å². The molecular weight excluding hydrogens is 1170 g/mol. The van der Waals surface area contributed by atoms with Crippen molar-refractivity contribution >= 4 is 17.9 Å². The zero-order chi connectivity index (χ0) is 69.0. The van der Waals surface area contributed by atoms with E-state index in [2.05, 4.69) is 257 Å². The predicted molar refractivity (Wildman–Crippen MR) is 406 cm³/mol. The summed E-state index contributed by atoms with van der Waals surface area (Å²) < 4.78 is 22.7.